The van der Waals surface area contributed by atoms with Crippen molar-refractivity contribution in [3.63, 3.8) is 0 Å². The number of rotatable bonds is 5. The summed E-state index contributed by atoms with van der Waals surface area (Å²) in [6.07, 6.45) is 3.55. The van der Waals surface area contributed by atoms with Crippen molar-refractivity contribution in [2.45, 2.75) is 38.6 Å². The zero-order valence-electron chi connectivity index (χ0n) is 13.0. The minimum absolute atomic E-state index is 0.281. The van der Waals surface area contributed by atoms with Crippen LogP contribution in [0.25, 0.3) is 5.57 Å². The van der Waals surface area contributed by atoms with Crippen LogP contribution in [0, 0.1) is 0 Å². The Bertz CT molecular complexity index is 610. The van der Waals surface area contributed by atoms with Crippen LogP contribution in [0.3, 0.4) is 0 Å². The summed E-state index contributed by atoms with van der Waals surface area (Å²) in [6.45, 7) is 4.06. The number of benzene rings is 1. The van der Waals surface area contributed by atoms with Gasteiger partial charge in [-0.05, 0) is 25.0 Å². The quantitative estimate of drug-likeness (QED) is 0.646. The van der Waals surface area contributed by atoms with Gasteiger partial charge < -0.3 is 15.8 Å². The van der Waals surface area contributed by atoms with Crippen molar-refractivity contribution in [1.29, 1.82) is 0 Å². The molecule has 5 nitrogen and oxygen atoms in total. The maximum Gasteiger partial charge on any atom is 0.331 e. The lowest BCUT2D eigenvalue weighted by atomic mass is 9.77. The molecule has 1 atom stereocenters. The minimum atomic E-state index is -1.21. The average Bonchev–Trinajstić information content (AvgIpc) is 2.50. The highest BCUT2D eigenvalue weighted by Crippen LogP contribution is 2.39. The van der Waals surface area contributed by atoms with Gasteiger partial charge in [-0.15, -0.1) is 0 Å². The smallest absolute Gasteiger partial charge is 0.331 e. The summed E-state index contributed by atoms with van der Waals surface area (Å²) in [4.78, 5) is 24.4. The summed E-state index contributed by atoms with van der Waals surface area (Å²) >= 11 is 0. The van der Waals surface area contributed by atoms with Crippen LogP contribution < -0.4 is 11.1 Å². The van der Waals surface area contributed by atoms with Gasteiger partial charge >= 0.3 is 5.97 Å². The minimum Gasteiger partial charge on any atom is -0.463 e. The van der Waals surface area contributed by atoms with Crippen molar-refractivity contribution in [1.82, 2.24) is 0 Å². The standard InChI is InChI=1S/C17H22N2O3/c1-3-5-10-17(18)13(11-15(20)22-4-2)12-8-6-7-9-14(12)19-16(17)21/h6-9,11H,3-5,10,18H2,1-2H3,(H,19,21)/b13-11+. The second-order valence-corrected chi connectivity index (χ2v) is 5.38. The molecule has 1 aliphatic heterocycles. The third kappa shape index (κ3) is 3.04. The number of amides is 1. The van der Waals surface area contributed by atoms with Gasteiger partial charge in [0, 0.05) is 17.3 Å². The maximum atomic E-state index is 12.5. The van der Waals surface area contributed by atoms with Gasteiger partial charge in [0.1, 0.15) is 5.54 Å². The molecule has 1 heterocycles. The maximum absolute atomic E-state index is 12.5. The molecule has 0 bridgehead atoms. The molecule has 0 aromatic heterocycles. The first-order chi connectivity index (χ1) is 10.5. The van der Waals surface area contributed by atoms with E-state index in [1.807, 2.05) is 25.1 Å². The predicted octanol–water partition coefficient (Wildman–Crippen LogP) is 2.47. The van der Waals surface area contributed by atoms with Gasteiger partial charge in [-0.3, -0.25) is 4.79 Å². The molecule has 0 fully saturated rings. The molecule has 22 heavy (non-hydrogen) atoms. The van der Waals surface area contributed by atoms with E-state index in [9.17, 15) is 9.59 Å². The van der Waals surface area contributed by atoms with Gasteiger partial charge in [0.25, 0.3) is 0 Å². The Morgan fingerprint density at radius 1 is 1.36 bits per heavy atom. The highest BCUT2D eigenvalue weighted by Gasteiger charge is 2.42. The van der Waals surface area contributed by atoms with Crippen LogP contribution in [0.5, 0.6) is 0 Å². The molecule has 118 valence electrons. The van der Waals surface area contributed by atoms with Crippen molar-refractivity contribution in [2.75, 3.05) is 11.9 Å². The number of nitrogens with one attached hydrogen (secondary N) is 1. The Hall–Kier alpha value is -2.14. The number of esters is 1. The number of anilines is 1. The van der Waals surface area contributed by atoms with Crippen LogP contribution in [-0.2, 0) is 14.3 Å². The first kappa shape index (κ1) is 16.2. The van der Waals surface area contributed by atoms with Crippen molar-refractivity contribution in [3.8, 4) is 0 Å². The van der Waals surface area contributed by atoms with E-state index in [-0.39, 0.29) is 12.5 Å². The van der Waals surface area contributed by atoms with E-state index in [1.54, 1.807) is 13.0 Å². The molecule has 0 saturated heterocycles. The molecular formula is C17H22N2O3. The molecular weight excluding hydrogens is 280 g/mol. The molecule has 0 aliphatic carbocycles. The number of ether oxygens (including phenoxy) is 1. The fraction of sp³-hybridized carbons (Fsp3) is 0.412. The van der Waals surface area contributed by atoms with E-state index in [0.717, 1.165) is 18.4 Å². The lowest BCUT2D eigenvalue weighted by Crippen LogP contribution is -2.54. The van der Waals surface area contributed by atoms with E-state index in [0.29, 0.717) is 17.7 Å². The van der Waals surface area contributed by atoms with Crippen LogP contribution in [0.15, 0.2) is 30.3 Å². The average molecular weight is 302 g/mol. The summed E-state index contributed by atoms with van der Waals surface area (Å²) in [6, 6.07) is 7.34. The third-order valence-electron chi connectivity index (χ3n) is 3.82. The highest BCUT2D eigenvalue weighted by molar-refractivity contribution is 6.15. The first-order valence-corrected chi connectivity index (χ1v) is 7.61. The van der Waals surface area contributed by atoms with Gasteiger partial charge in [-0.25, -0.2) is 4.79 Å². The van der Waals surface area contributed by atoms with Crippen molar-refractivity contribution in [2.24, 2.45) is 5.73 Å². The van der Waals surface area contributed by atoms with E-state index in [1.165, 1.54) is 6.08 Å². The molecule has 2 rings (SSSR count). The fourth-order valence-electron chi connectivity index (χ4n) is 2.64. The van der Waals surface area contributed by atoms with Crippen LogP contribution >= 0.6 is 0 Å². The van der Waals surface area contributed by atoms with Crippen LogP contribution in [0.1, 0.15) is 38.7 Å². The number of fused-ring (bicyclic) bond motifs is 1. The third-order valence-corrected chi connectivity index (χ3v) is 3.82. The number of para-hydroxylation sites is 1. The Balaban J connectivity index is 2.52. The number of hydrogen-bond acceptors (Lipinski definition) is 4. The molecule has 1 amide bonds. The number of nitrogens with two attached hydrogens (primary N) is 1. The zero-order chi connectivity index (χ0) is 16.2. The van der Waals surface area contributed by atoms with Gasteiger partial charge in [0.05, 0.1) is 6.61 Å². The Labute approximate surface area is 130 Å². The Morgan fingerprint density at radius 2 is 2.09 bits per heavy atom. The lowest BCUT2D eigenvalue weighted by molar-refractivity contribution is -0.137. The summed E-state index contributed by atoms with van der Waals surface area (Å²) in [7, 11) is 0. The molecule has 5 heteroatoms. The summed E-state index contributed by atoms with van der Waals surface area (Å²) in [5.74, 6) is -0.761. The SMILES string of the molecule is CCCCC1(N)C(=O)Nc2ccccc2/C1=C\C(=O)OCC. The van der Waals surface area contributed by atoms with Gasteiger partial charge in [0.15, 0.2) is 0 Å². The largest absolute Gasteiger partial charge is 0.463 e. The number of carbonyl (C=O) groups excluding carboxylic acids is 2. The van der Waals surface area contributed by atoms with E-state index in [4.69, 9.17) is 10.5 Å². The first-order valence-electron chi connectivity index (χ1n) is 7.61. The summed E-state index contributed by atoms with van der Waals surface area (Å²) in [5.41, 5.74) is 7.16. The molecule has 0 spiro atoms. The summed E-state index contributed by atoms with van der Waals surface area (Å²) < 4.78 is 4.99. The molecule has 1 aromatic rings. The van der Waals surface area contributed by atoms with Crippen molar-refractivity contribution in [3.05, 3.63) is 35.9 Å². The molecule has 1 aliphatic rings. The number of hydrogen-bond donors (Lipinski definition) is 2. The second-order valence-electron chi connectivity index (χ2n) is 5.38. The summed E-state index contributed by atoms with van der Waals surface area (Å²) in [5, 5.41) is 2.84. The van der Waals surface area contributed by atoms with E-state index < -0.39 is 11.5 Å². The van der Waals surface area contributed by atoms with Crippen molar-refractivity contribution >= 4 is 23.1 Å². The van der Waals surface area contributed by atoms with Gasteiger partial charge in [-0.2, -0.15) is 0 Å². The van der Waals surface area contributed by atoms with Crippen LogP contribution in [-0.4, -0.2) is 24.0 Å². The molecule has 1 unspecified atom stereocenters. The van der Waals surface area contributed by atoms with Gasteiger partial charge in [-0.1, -0.05) is 38.0 Å². The molecule has 1 aromatic carbocycles. The Kier molecular flexibility index (Phi) is 4.98. The van der Waals surface area contributed by atoms with Crippen LogP contribution in [0.4, 0.5) is 5.69 Å². The fourth-order valence-corrected chi connectivity index (χ4v) is 2.64. The second kappa shape index (κ2) is 6.75. The van der Waals surface area contributed by atoms with Gasteiger partial charge in [0.2, 0.25) is 5.91 Å². The number of carbonyl (C=O) groups is 2. The molecule has 3 N–H and O–H groups in total. The van der Waals surface area contributed by atoms with Crippen LogP contribution in [0.2, 0.25) is 0 Å². The predicted molar refractivity (Wildman–Crippen MR) is 86.1 cm³/mol. The monoisotopic (exact) mass is 302 g/mol. The van der Waals surface area contributed by atoms with E-state index in [2.05, 4.69) is 5.32 Å². The highest BCUT2D eigenvalue weighted by atomic mass is 16.5. The van der Waals surface area contributed by atoms with Crippen molar-refractivity contribution < 1.29 is 14.3 Å². The van der Waals surface area contributed by atoms with E-state index >= 15 is 0 Å². The lowest BCUT2D eigenvalue weighted by Gasteiger charge is -2.36. The normalized spacial score (nSPS) is 22.1. The topological polar surface area (TPSA) is 81.4 Å². The molecule has 0 radical (unpaired) electrons. The Morgan fingerprint density at radius 3 is 2.77 bits per heavy atom. The number of unbranched alkanes of at least 4 members (excludes halogenated alkanes) is 1. The zero-order valence-corrected chi connectivity index (χ0v) is 13.0. The molecule has 0 saturated carbocycles.